The van der Waals surface area contributed by atoms with Crippen molar-refractivity contribution >= 4 is 35.1 Å². The molecule has 29 heavy (non-hydrogen) atoms. The number of aromatic hydroxyl groups is 1. The number of benzene rings is 2. The van der Waals surface area contributed by atoms with Crippen molar-refractivity contribution < 1.29 is 14.6 Å². The Morgan fingerprint density at radius 3 is 2.45 bits per heavy atom. The molecular formula is C23H27Cl2NO3. The average Bonchev–Trinajstić information content (AvgIpc) is 2.66. The maximum absolute atomic E-state index is 12.8. The number of rotatable bonds is 9. The van der Waals surface area contributed by atoms with Crippen LogP contribution in [0.3, 0.4) is 0 Å². The minimum Gasteiger partial charge on any atom is -0.507 e. The third-order valence-electron chi connectivity index (χ3n) is 4.47. The third-order valence-corrected chi connectivity index (χ3v) is 5.03. The lowest BCUT2D eigenvalue weighted by molar-refractivity contribution is 0.104. The Morgan fingerprint density at radius 1 is 1.17 bits per heavy atom. The molecule has 0 fully saturated rings. The molecule has 2 rings (SSSR count). The van der Waals surface area contributed by atoms with Crippen molar-refractivity contribution in [1.82, 2.24) is 4.90 Å². The molecule has 4 nitrogen and oxygen atoms in total. The Morgan fingerprint density at radius 2 is 1.86 bits per heavy atom. The SMILES string of the molecule is CCN(CC)Cc1cc(C(=O)/C=C/c2ccc(Cl)cc2Cl)c(O)cc1OC(C)C. The van der Waals surface area contributed by atoms with Crippen LogP contribution in [-0.4, -0.2) is 35.0 Å². The highest BCUT2D eigenvalue weighted by Crippen LogP contribution is 2.31. The molecule has 0 spiro atoms. The maximum Gasteiger partial charge on any atom is 0.189 e. The predicted molar refractivity (Wildman–Crippen MR) is 120 cm³/mol. The normalized spacial score (nSPS) is 11.6. The van der Waals surface area contributed by atoms with E-state index in [1.54, 1.807) is 30.3 Å². The van der Waals surface area contributed by atoms with Crippen LogP contribution >= 0.6 is 23.2 Å². The van der Waals surface area contributed by atoms with Gasteiger partial charge in [-0.25, -0.2) is 0 Å². The molecule has 0 saturated heterocycles. The highest BCUT2D eigenvalue weighted by molar-refractivity contribution is 6.35. The van der Waals surface area contributed by atoms with Crippen LogP contribution in [-0.2, 0) is 6.54 Å². The molecule has 0 aliphatic heterocycles. The minimum atomic E-state index is -0.314. The number of phenols is 1. The van der Waals surface area contributed by atoms with Crippen LogP contribution < -0.4 is 4.74 Å². The molecule has 6 heteroatoms. The fourth-order valence-electron chi connectivity index (χ4n) is 2.88. The minimum absolute atomic E-state index is 0.0432. The molecule has 0 aliphatic carbocycles. The molecule has 0 saturated carbocycles. The van der Waals surface area contributed by atoms with Crippen molar-refractivity contribution in [3.63, 3.8) is 0 Å². The molecular weight excluding hydrogens is 409 g/mol. The number of allylic oxidation sites excluding steroid dienone is 1. The molecule has 0 unspecified atom stereocenters. The lowest BCUT2D eigenvalue weighted by Gasteiger charge is -2.22. The van der Waals surface area contributed by atoms with Gasteiger partial charge in [0.15, 0.2) is 5.78 Å². The summed E-state index contributed by atoms with van der Waals surface area (Å²) in [4.78, 5) is 15.0. The van der Waals surface area contributed by atoms with E-state index in [0.717, 1.165) is 18.7 Å². The Hall–Kier alpha value is -2.01. The van der Waals surface area contributed by atoms with Gasteiger partial charge < -0.3 is 9.84 Å². The molecule has 156 valence electrons. The van der Waals surface area contributed by atoms with Gasteiger partial charge in [-0.2, -0.15) is 0 Å². The van der Waals surface area contributed by atoms with Crippen molar-refractivity contribution in [3.05, 3.63) is 63.1 Å². The summed E-state index contributed by atoms with van der Waals surface area (Å²) in [7, 11) is 0. The first kappa shape index (κ1) is 23.3. The van der Waals surface area contributed by atoms with Gasteiger partial charge in [-0.1, -0.05) is 43.1 Å². The van der Waals surface area contributed by atoms with Gasteiger partial charge in [-0.15, -0.1) is 0 Å². The summed E-state index contributed by atoms with van der Waals surface area (Å²) >= 11 is 12.1. The Kier molecular flexibility index (Phi) is 8.57. The summed E-state index contributed by atoms with van der Waals surface area (Å²) in [6.45, 7) is 10.4. The fraction of sp³-hybridized carbons (Fsp3) is 0.348. The van der Waals surface area contributed by atoms with E-state index in [2.05, 4.69) is 18.7 Å². The highest BCUT2D eigenvalue weighted by atomic mass is 35.5. The summed E-state index contributed by atoms with van der Waals surface area (Å²) in [5.74, 6) is 0.164. The summed E-state index contributed by atoms with van der Waals surface area (Å²) in [5.41, 5.74) is 1.76. The summed E-state index contributed by atoms with van der Waals surface area (Å²) < 4.78 is 5.86. The molecule has 0 atom stereocenters. The van der Waals surface area contributed by atoms with Crippen molar-refractivity contribution in [1.29, 1.82) is 0 Å². The van der Waals surface area contributed by atoms with Gasteiger partial charge >= 0.3 is 0 Å². The van der Waals surface area contributed by atoms with Crippen LogP contribution in [0, 0.1) is 0 Å². The van der Waals surface area contributed by atoms with Gasteiger partial charge in [-0.05, 0) is 62.9 Å². The second kappa shape index (κ2) is 10.7. The van der Waals surface area contributed by atoms with Gasteiger partial charge in [0.05, 0.1) is 11.7 Å². The lowest BCUT2D eigenvalue weighted by Crippen LogP contribution is -2.23. The van der Waals surface area contributed by atoms with E-state index in [0.29, 0.717) is 27.9 Å². The number of hydrogen-bond acceptors (Lipinski definition) is 4. The molecule has 0 radical (unpaired) electrons. The van der Waals surface area contributed by atoms with Crippen LogP contribution in [0.2, 0.25) is 10.0 Å². The standard InChI is InChI=1S/C23H27Cl2NO3/c1-5-26(6-2)14-17-11-19(22(28)13-23(17)29-15(3)4)21(27)10-8-16-7-9-18(24)12-20(16)25/h7-13,15,28H,5-6,14H2,1-4H3/b10-8+. The molecule has 2 aromatic carbocycles. The van der Waals surface area contributed by atoms with Crippen LogP contribution in [0.1, 0.15) is 49.2 Å². The van der Waals surface area contributed by atoms with Gasteiger partial charge in [-0.3, -0.25) is 9.69 Å². The van der Waals surface area contributed by atoms with E-state index in [-0.39, 0.29) is 23.2 Å². The van der Waals surface area contributed by atoms with Gasteiger partial charge in [0.2, 0.25) is 0 Å². The van der Waals surface area contributed by atoms with Gasteiger partial charge in [0.25, 0.3) is 0 Å². The van der Waals surface area contributed by atoms with Crippen molar-refractivity contribution in [3.8, 4) is 11.5 Å². The Bertz CT molecular complexity index is 890. The van der Waals surface area contributed by atoms with Crippen LogP contribution in [0.4, 0.5) is 0 Å². The Balaban J connectivity index is 2.37. The number of phenolic OH excluding ortho intramolecular Hbond substituents is 1. The predicted octanol–water partition coefficient (Wildman–Crippen LogP) is 6.22. The summed E-state index contributed by atoms with van der Waals surface area (Å²) in [5, 5.41) is 11.4. The van der Waals surface area contributed by atoms with E-state index in [4.69, 9.17) is 27.9 Å². The van der Waals surface area contributed by atoms with E-state index < -0.39 is 0 Å². The largest absolute Gasteiger partial charge is 0.507 e. The van der Waals surface area contributed by atoms with Crippen molar-refractivity contribution in [2.75, 3.05) is 13.1 Å². The maximum atomic E-state index is 12.8. The number of nitrogens with zero attached hydrogens (tertiary/aromatic N) is 1. The van der Waals surface area contributed by atoms with Gasteiger partial charge in [0, 0.05) is 28.2 Å². The number of hydrogen-bond donors (Lipinski definition) is 1. The third kappa shape index (κ3) is 6.49. The van der Waals surface area contributed by atoms with Crippen LogP contribution in [0.5, 0.6) is 11.5 Å². The van der Waals surface area contributed by atoms with Crippen molar-refractivity contribution in [2.45, 2.75) is 40.3 Å². The van der Waals surface area contributed by atoms with E-state index in [1.165, 1.54) is 12.1 Å². The molecule has 0 amide bonds. The molecule has 2 aromatic rings. The van der Waals surface area contributed by atoms with E-state index in [9.17, 15) is 9.90 Å². The fourth-order valence-corrected chi connectivity index (χ4v) is 3.35. The highest BCUT2D eigenvalue weighted by Gasteiger charge is 2.17. The quantitative estimate of drug-likeness (QED) is 0.374. The first-order valence-corrected chi connectivity index (χ1v) is 10.4. The molecule has 0 bridgehead atoms. The molecule has 1 N–H and O–H groups in total. The van der Waals surface area contributed by atoms with Crippen LogP contribution in [0.15, 0.2) is 36.4 Å². The first-order valence-electron chi connectivity index (χ1n) is 9.67. The van der Waals surface area contributed by atoms with E-state index in [1.807, 2.05) is 13.8 Å². The molecule has 0 heterocycles. The lowest BCUT2D eigenvalue weighted by atomic mass is 10.0. The monoisotopic (exact) mass is 435 g/mol. The second-order valence-corrected chi connectivity index (χ2v) is 7.81. The smallest absolute Gasteiger partial charge is 0.189 e. The number of halogens is 2. The second-order valence-electron chi connectivity index (χ2n) is 6.97. The number of carbonyl (C=O) groups excluding carboxylic acids is 1. The average molecular weight is 436 g/mol. The zero-order valence-electron chi connectivity index (χ0n) is 17.2. The zero-order chi connectivity index (χ0) is 21.6. The topological polar surface area (TPSA) is 49.8 Å². The number of ether oxygens (including phenoxy) is 1. The first-order chi connectivity index (χ1) is 13.7. The van der Waals surface area contributed by atoms with E-state index >= 15 is 0 Å². The summed E-state index contributed by atoms with van der Waals surface area (Å²) in [6, 6.07) is 8.29. The number of ketones is 1. The summed E-state index contributed by atoms with van der Waals surface area (Å²) in [6.07, 6.45) is 2.97. The molecule has 0 aromatic heterocycles. The molecule has 0 aliphatic rings. The Labute approximate surface area is 182 Å². The number of carbonyl (C=O) groups is 1. The zero-order valence-corrected chi connectivity index (χ0v) is 18.7. The van der Waals surface area contributed by atoms with Gasteiger partial charge in [0.1, 0.15) is 11.5 Å². The van der Waals surface area contributed by atoms with Crippen LogP contribution in [0.25, 0.3) is 6.08 Å². The van der Waals surface area contributed by atoms with Crippen molar-refractivity contribution in [2.24, 2.45) is 0 Å².